The number of fused-ring (bicyclic) bond motifs is 1. The first kappa shape index (κ1) is 15.5. The SMILES string of the molecule is CC(=O)Cc1cn(S(=O)(=O)c2ccc(C)cc2)c2ccccc12. The summed E-state index contributed by atoms with van der Waals surface area (Å²) in [6.45, 7) is 3.41. The molecule has 0 fully saturated rings. The summed E-state index contributed by atoms with van der Waals surface area (Å²) in [5, 5.41) is 0.790. The van der Waals surface area contributed by atoms with E-state index in [2.05, 4.69) is 0 Å². The minimum absolute atomic E-state index is 0.000590. The lowest BCUT2D eigenvalue weighted by molar-refractivity contribution is -0.116. The van der Waals surface area contributed by atoms with Crippen LogP contribution in [0.25, 0.3) is 10.9 Å². The third-order valence-electron chi connectivity index (χ3n) is 3.78. The van der Waals surface area contributed by atoms with Gasteiger partial charge in [-0.3, -0.25) is 4.79 Å². The Labute approximate surface area is 135 Å². The molecule has 4 nitrogen and oxygen atoms in total. The average Bonchev–Trinajstić information content (AvgIpc) is 2.87. The van der Waals surface area contributed by atoms with Gasteiger partial charge in [0, 0.05) is 18.0 Å². The van der Waals surface area contributed by atoms with Crippen molar-refractivity contribution in [2.45, 2.75) is 25.2 Å². The van der Waals surface area contributed by atoms with Gasteiger partial charge in [-0.2, -0.15) is 0 Å². The van der Waals surface area contributed by atoms with Crippen LogP contribution in [0.2, 0.25) is 0 Å². The van der Waals surface area contributed by atoms with Crippen LogP contribution >= 0.6 is 0 Å². The zero-order valence-electron chi connectivity index (χ0n) is 13.0. The lowest BCUT2D eigenvalue weighted by atomic mass is 10.1. The largest absolute Gasteiger partial charge is 0.300 e. The number of carbonyl (C=O) groups excluding carboxylic acids is 1. The summed E-state index contributed by atoms with van der Waals surface area (Å²) in [6, 6.07) is 14.0. The molecule has 23 heavy (non-hydrogen) atoms. The van der Waals surface area contributed by atoms with Gasteiger partial charge in [0.25, 0.3) is 10.0 Å². The summed E-state index contributed by atoms with van der Waals surface area (Å²) < 4.78 is 27.1. The first-order chi connectivity index (χ1) is 10.9. The minimum atomic E-state index is -3.69. The molecule has 0 aliphatic heterocycles. The van der Waals surface area contributed by atoms with E-state index in [1.54, 1.807) is 42.6 Å². The third kappa shape index (κ3) is 2.80. The van der Waals surface area contributed by atoms with Crippen molar-refractivity contribution in [2.24, 2.45) is 0 Å². The Hall–Kier alpha value is -2.40. The second kappa shape index (κ2) is 5.66. The van der Waals surface area contributed by atoms with Crippen LogP contribution in [0.4, 0.5) is 0 Å². The van der Waals surface area contributed by atoms with Gasteiger partial charge in [0.2, 0.25) is 0 Å². The summed E-state index contributed by atoms with van der Waals surface area (Å²) in [6.07, 6.45) is 1.78. The number of hydrogen-bond acceptors (Lipinski definition) is 3. The predicted octanol–water partition coefficient (Wildman–Crippen LogP) is 3.32. The molecule has 0 saturated carbocycles. The fourth-order valence-corrected chi connectivity index (χ4v) is 4.04. The standard InChI is InChI=1S/C18H17NO3S/c1-13-7-9-16(10-8-13)23(21,22)19-12-15(11-14(2)20)17-5-3-4-6-18(17)19/h3-10,12H,11H2,1-2H3. The zero-order valence-corrected chi connectivity index (χ0v) is 13.8. The monoisotopic (exact) mass is 327 g/mol. The van der Waals surface area contributed by atoms with Gasteiger partial charge < -0.3 is 0 Å². The molecule has 0 radical (unpaired) electrons. The van der Waals surface area contributed by atoms with Crippen LogP contribution in [0, 0.1) is 6.92 Å². The molecule has 0 atom stereocenters. The number of aryl methyl sites for hydroxylation is 1. The first-order valence-corrected chi connectivity index (χ1v) is 8.74. The number of aromatic nitrogens is 1. The smallest absolute Gasteiger partial charge is 0.268 e. The number of carbonyl (C=O) groups is 1. The number of benzene rings is 2. The molecule has 0 aliphatic rings. The predicted molar refractivity (Wildman–Crippen MR) is 90.1 cm³/mol. The van der Waals surface area contributed by atoms with Crippen molar-refractivity contribution in [1.82, 2.24) is 3.97 Å². The summed E-state index contributed by atoms with van der Waals surface area (Å²) >= 11 is 0. The highest BCUT2D eigenvalue weighted by molar-refractivity contribution is 7.90. The van der Waals surface area contributed by atoms with Crippen molar-refractivity contribution in [1.29, 1.82) is 0 Å². The van der Waals surface area contributed by atoms with Crippen LogP contribution in [-0.4, -0.2) is 18.2 Å². The molecule has 3 aromatic rings. The maximum Gasteiger partial charge on any atom is 0.268 e. The highest BCUT2D eigenvalue weighted by Crippen LogP contribution is 2.26. The maximum atomic E-state index is 12.9. The van der Waals surface area contributed by atoms with E-state index in [4.69, 9.17) is 0 Å². The number of rotatable bonds is 4. The Balaban J connectivity index is 2.23. The van der Waals surface area contributed by atoms with E-state index in [9.17, 15) is 13.2 Å². The summed E-state index contributed by atoms with van der Waals surface area (Å²) in [5.41, 5.74) is 2.31. The lowest BCUT2D eigenvalue weighted by Gasteiger charge is -2.07. The van der Waals surface area contributed by atoms with Crippen LogP contribution in [0.3, 0.4) is 0 Å². The van der Waals surface area contributed by atoms with Crippen LogP contribution in [0.5, 0.6) is 0 Å². The van der Waals surface area contributed by atoms with Gasteiger partial charge >= 0.3 is 0 Å². The Morgan fingerprint density at radius 2 is 1.70 bits per heavy atom. The van der Waals surface area contributed by atoms with Gasteiger partial charge in [-0.25, -0.2) is 12.4 Å². The molecular weight excluding hydrogens is 310 g/mol. The molecule has 0 aliphatic carbocycles. The second-order valence-corrected chi connectivity index (χ2v) is 7.48. The van der Waals surface area contributed by atoms with E-state index >= 15 is 0 Å². The molecule has 0 unspecified atom stereocenters. The van der Waals surface area contributed by atoms with Crippen molar-refractivity contribution in [3.05, 3.63) is 65.9 Å². The average molecular weight is 327 g/mol. The van der Waals surface area contributed by atoms with Gasteiger partial charge in [0.1, 0.15) is 5.78 Å². The van der Waals surface area contributed by atoms with Crippen molar-refractivity contribution < 1.29 is 13.2 Å². The first-order valence-electron chi connectivity index (χ1n) is 7.30. The lowest BCUT2D eigenvalue weighted by Crippen LogP contribution is -2.11. The Morgan fingerprint density at radius 3 is 2.35 bits per heavy atom. The summed E-state index contributed by atoms with van der Waals surface area (Å²) in [5.74, 6) is 0.000590. The van der Waals surface area contributed by atoms with Gasteiger partial charge in [-0.1, -0.05) is 35.9 Å². The van der Waals surface area contributed by atoms with Gasteiger partial charge in [0.15, 0.2) is 0 Å². The van der Waals surface area contributed by atoms with E-state index in [1.807, 2.05) is 19.1 Å². The van der Waals surface area contributed by atoms with E-state index in [1.165, 1.54) is 10.9 Å². The molecule has 0 N–H and O–H groups in total. The van der Waals surface area contributed by atoms with E-state index in [-0.39, 0.29) is 17.1 Å². The highest BCUT2D eigenvalue weighted by Gasteiger charge is 2.21. The quantitative estimate of drug-likeness (QED) is 0.738. The molecule has 118 valence electrons. The number of nitrogens with zero attached hydrogens (tertiary/aromatic N) is 1. The van der Waals surface area contributed by atoms with Crippen LogP contribution in [0.15, 0.2) is 59.6 Å². The van der Waals surface area contributed by atoms with Crippen molar-refractivity contribution in [3.63, 3.8) is 0 Å². The molecule has 0 saturated heterocycles. The van der Waals surface area contributed by atoms with Crippen molar-refractivity contribution in [2.75, 3.05) is 0 Å². The van der Waals surface area contributed by atoms with E-state index in [0.717, 1.165) is 16.5 Å². The summed E-state index contributed by atoms with van der Waals surface area (Å²) in [4.78, 5) is 11.7. The molecule has 1 aromatic heterocycles. The molecule has 0 spiro atoms. The molecule has 2 aromatic carbocycles. The second-order valence-electron chi connectivity index (χ2n) is 5.66. The number of hydrogen-bond donors (Lipinski definition) is 0. The van der Waals surface area contributed by atoms with Gasteiger partial charge in [-0.15, -0.1) is 0 Å². The minimum Gasteiger partial charge on any atom is -0.300 e. The molecule has 5 heteroatoms. The highest BCUT2D eigenvalue weighted by atomic mass is 32.2. The van der Waals surface area contributed by atoms with Gasteiger partial charge in [-0.05, 0) is 37.6 Å². The molecular formula is C18H17NO3S. The Bertz CT molecular complexity index is 983. The summed E-state index contributed by atoms with van der Waals surface area (Å²) in [7, 11) is -3.69. The fourth-order valence-electron chi connectivity index (χ4n) is 2.65. The zero-order chi connectivity index (χ0) is 16.6. The van der Waals surface area contributed by atoms with E-state index < -0.39 is 10.0 Å². The number of ketones is 1. The Kier molecular flexibility index (Phi) is 3.82. The van der Waals surface area contributed by atoms with E-state index in [0.29, 0.717) is 5.52 Å². The number of Topliss-reactive ketones (excluding diaryl/α,β-unsaturated/α-hetero) is 1. The van der Waals surface area contributed by atoms with Crippen molar-refractivity contribution in [3.8, 4) is 0 Å². The number of para-hydroxylation sites is 1. The third-order valence-corrected chi connectivity index (χ3v) is 5.47. The maximum absolute atomic E-state index is 12.9. The molecule has 0 bridgehead atoms. The topological polar surface area (TPSA) is 56.1 Å². The molecule has 0 amide bonds. The molecule has 3 rings (SSSR count). The fraction of sp³-hybridized carbons (Fsp3) is 0.167. The van der Waals surface area contributed by atoms with Crippen LogP contribution in [0.1, 0.15) is 18.1 Å². The van der Waals surface area contributed by atoms with Crippen molar-refractivity contribution >= 4 is 26.7 Å². The van der Waals surface area contributed by atoms with Gasteiger partial charge in [0.05, 0.1) is 10.4 Å². The molecule has 1 heterocycles. The van der Waals surface area contributed by atoms with Crippen LogP contribution < -0.4 is 0 Å². The normalized spacial score (nSPS) is 11.7. The Morgan fingerprint density at radius 1 is 1.04 bits per heavy atom. The van der Waals surface area contributed by atoms with Crippen LogP contribution in [-0.2, 0) is 21.2 Å².